The van der Waals surface area contributed by atoms with Crippen LogP contribution in [0.1, 0.15) is 0 Å². The van der Waals surface area contributed by atoms with Crippen molar-refractivity contribution in [3.8, 4) is 0 Å². The summed E-state index contributed by atoms with van der Waals surface area (Å²) in [5.74, 6) is -11.6. The molecule has 0 nitrogen and oxygen atoms in total. The second-order valence-electron chi connectivity index (χ2n) is 2.38. The van der Waals surface area contributed by atoms with E-state index in [-0.39, 0.29) is 0 Å². The van der Waals surface area contributed by atoms with Crippen LogP contribution >= 0.6 is 23.8 Å². The van der Waals surface area contributed by atoms with E-state index in [2.05, 4.69) is 23.8 Å². The first-order chi connectivity index (χ1) is 6.35. The molecular formula is C5HClF8S. The number of thiocarbonyl (C=S) groups is 1. The lowest BCUT2D eigenvalue weighted by atomic mass is 10.1. The molecule has 0 heterocycles. The first kappa shape index (κ1) is 14.8. The lowest BCUT2D eigenvalue weighted by molar-refractivity contribution is -0.287. The molecule has 0 aliphatic heterocycles. The lowest BCUT2D eigenvalue weighted by Crippen LogP contribution is -2.55. The highest BCUT2D eigenvalue weighted by Crippen LogP contribution is 2.45. The molecule has 0 rings (SSSR count). The summed E-state index contributed by atoms with van der Waals surface area (Å²) in [6, 6.07) is 0. The number of rotatable bonds is 3. The molecule has 0 aromatic heterocycles. The van der Waals surface area contributed by atoms with Crippen LogP contribution in [0.25, 0.3) is 0 Å². The third-order valence-corrected chi connectivity index (χ3v) is 1.76. The maximum absolute atomic E-state index is 12.3. The van der Waals surface area contributed by atoms with Crippen LogP contribution in [0.3, 0.4) is 0 Å². The molecule has 0 spiro atoms. The molecule has 0 amide bonds. The van der Waals surface area contributed by atoms with E-state index < -0.39 is 28.5 Å². The lowest BCUT2D eigenvalue weighted by Gasteiger charge is -2.28. The van der Waals surface area contributed by atoms with Crippen molar-refractivity contribution < 1.29 is 35.1 Å². The Kier molecular flexibility index (Phi) is 3.96. The number of hydrogen-bond acceptors (Lipinski definition) is 1. The third kappa shape index (κ3) is 2.68. The van der Waals surface area contributed by atoms with Gasteiger partial charge in [0, 0.05) is 0 Å². The van der Waals surface area contributed by atoms with E-state index in [0.29, 0.717) is 0 Å². The van der Waals surface area contributed by atoms with Crippen LogP contribution in [0, 0.1) is 0 Å². The molecule has 0 aromatic carbocycles. The molecular weight excluding hydrogens is 280 g/mol. The second kappa shape index (κ2) is 4.00. The van der Waals surface area contributed by atoms with Gasteiger partial charge in [0.25, 0.3) is 6.17 Å². The van der Waals surface area contributed by atoms with Crippen LogP contribution in [0.2, 0.25) is 0 Å². The highest BCUT2D eigenvalue weighted by atomic mass is 35.5. The van der Waals surface area contributed by atoms with Crippen molar-refractivity contribution in [2.45, 2.75) is 24.2 Å². The number of halogens is 9. The van der Waals surface area contributed by atoms with Gasteiger partial charge in [0.1, 0.15) is 0 Å². The van der Waals surface area contributed by atoms with E-state index in [0.717, 1.165) is 0 Å². The molecule has 0 bridgehead atoms. The summed E-state index contributed by atoms with van der Waals surface area (Å²) in [7, 11) is 0. The van der Waals surface area contributed by atoms with Gasteiger partial charge in [-0.1, -0.05) is 23.8 Å². The van der Waals surface area contributed by atoms with Crippen LogP contribution in [-0.2, 0) is 0 Å². The zero-order valence-corrected chi connectivity index (χ0v) is 7.96. The van der Waals surface area contributed by atoms with Gasteiger partial charge in [-0.25, -0.2) is 4.39 Å². The van der Waals surface area contributed by atoms with Crippen LogP contribution < -0.4 is 0 Å². The van der Waals surface area contributed by atoms with E-state index >= 15 is 0 Å². The van der Waals surface area contributed by atoms with Crippen molar-refractivity contribution >= 4 is 28.1 Å². The van der Waals surface area contributed by atoms with Crippen molar-refractivity contribution in [3.05, 3.63) is 0 Å². The molecule has 0 N–H and O–H groups in total. The van der Waals surface area contributed by atoms with E-state index in [1.165, 1.54) is 0 Å². The van der Waals surface area contributed by atoms with Gasteiger partial charge in [0.2, 0.25) is 0 Å². The molecule has 1 atom stereocenters. The van der Waals surface area contributed by atoms with Gasteiger partial charge in [-0.15, -0.1) is 0 Å². The van der Waals surface area contributed by atoms with Gasteiger partial charge in [0.15, 0.2) is 4.32 Å². The Hall–Kier alpha value is -0.180. The van der Waals surface area contributed by atoms with Crippen LogP contribution in [0.4, 0.5) is 35.1 Å². The predicted molar refractivity (Wildman–Crippen MR) is 39.3 cm³/mol. The molecule has 0 aromatic rings. The fourth-order valence-electron chi connectivity index (χ4n) is 0.496. The van der Waals surface area contributed by atoms with Crippen molar-refractivity contribution in [3.63, 3.8) is 0 Å². The summed E-state index contributed by atoms with van der Waals surface area (Å²) in [5, 5.41) is 0. The largest absolute Gasteiger partial charge is 0.425 e. The summed E-state index contributed by atoms with van der Waals surface area (Å²) < 4.78 is 93.6. The standard InChI is InChI=1S/C5HClF8S/c6-2(15)4(10,11)3(8,9)1(7)5(12,13)14/h1H. The monoisotopic (exact) mass is 280 g/mol. The van der Waals surface area contributed by atoms with Gasteiger partial charge >= 0.3 is 18.0 Å². The molecule has 1 unspecified atom stereocenters. The topological polar surface area (TPSA) is 0 Å². The predicted octanol–water partition coefficient (Wildman–Crippen LogP) is 3.72. The minimum Gasteiger partial charge on any atom is -0.230 e. The molecule has 0 radical (unpaired) electrons. The summed E-state index contributed by atoms with van der Waals surface area (Å²) >= 11 is 7.74. The molecule has 0 fully saturated rings. The summed E-state index contributed by atoms with van der Waals surface area (Å²) in [4.78, 5) is 0. The number of alkyl halides is 8. The van der Waals surface area contributed by atoms with Gasteiger partial charge in [0.05, 0.1) is 0 Å². The Balaban J connectivity index is 5.23. The first-order valence-electron chi connectivity index (χ1n) is 3.01. The Morgan fingerprint density at radius 1 is 1.00 bits per heavy atom. The van der Waals surface area contributed by atoms with Crippen LogP contribution in [0.5, 0.6) is 0 Å². The molecule has 90 valence electrons. The average Bonchev–Trinajstić information content (AvgIpc) is 2.00. The zero-order valence-electron chi connectivity index (χ0n) is 6.39. The van der Waals surface area contributed by atoms with Crippen molar-refractivity contribution in [2.24, 2.45) is 0 Å². The Bertz CT molecular complexity index is 258. The van der Waals surface area contributed by atoms with Gasteiger partial charge < -0.3 is 0 Å². The Morgan fingerprint density at radius 2 is 1.33 bits per heavy atom. The quantitative estimate of drug-likeness (QED) is 0.431. The highest BCUT2D eigenvalue weighted by Gasteiger charge is 2.71. The summed E-state index contributed by atoms with van der Waals surface area (Å²) in [6.07, 6.45) is -11.2. The molecule has 15 heavy (non-hydrogen) atoms. The maximum atomic E-state index is 12.3. The minimum absolute atomic E-state index is 2.24. The van der Waals surface area contributed by atoms with Gasteiger partial charge in [-0.2, -0.15) is 30.7 Å². The molecule has 0 aliphatic rings. The fraction of sp³-hybridized carbons (Fsp3) is 0.800. The van der Waals surface area contributed by atoms with E-state index in [1.54, 1.807) is 0 Å². The summed E-state index contributed by atoms with van der Waals surface area (Å²) in [6.45, 7) is 0. The highest BCUT2D eigenvalue weighted by molar-refractivity contribution is 7.83. The molecule has 0 saturated carbocycles. The zero-order chi connectivity index (χ0) is 12.7. The van der Waals surface area contributed by atoms with Crippen molar-refractivity contribution in [1.29, 1.82) is 0 Å². The Labute approximate surface area is 88.2 Å². The van der Waals surface area contributed by atoms with Crippen LogP contribution in [-0.4, -0.2) is 28.5 Å². The molecule has 0 saturated heterocycles. The van der Waals surface area contributed by atoms with E-state index in [4.69, 9.17) is 0 Å². The molecule has 10 heteroatoms. The summed E-state index contributed by atoms with van der Waals surface area (Å²) in [5.41, 5.74) is 0. The van der Waals surface area contributed by atoms with E-state index in [1.807, 2.05) is 0 Å². The average molecular weight is 281 g/mol. The second-order valence-corrected chi connectivity index (χ2v) is 3.39. The number of hydrogen-bond donors (Lipinski definition) is 0. The SMILES string of the molecule is FC(C(F)(F)F)C(F)(F)C(F)(F)C(=S)Cl. The Morgan fingerprint density at radius 3 is 1.53 bits per heavy atom. The van der Waals surface area contributed by atoms with E-state index in [9.17, 15) is 35.1 Å². The normalized spacial score (nSPS) is 16.3. The third-order valence-electron chi connectivity index (χ3n) is 1.27. The maximum Gasteiger partial charge on any atom is 0.425 e. The smallest absolute Gasteiger partial charge is 0.230 e. The minimum atomic E-state index is -6.13. The van der Waals surface area contributed by atoms with Crippen molar-refractivity contribution in [1.82, 2.24) is 0 Å². The first-order valence-corrected chi connectivity index (χ1v) is 3.80. The van der Waals surface area contributed by atoms with Gasteiger partial charge in [-0.05, 0) is 0 Å². The van der Waals surface area contributed by atoms with Gasteiger partial charge in [-0.3, -0.25) is 0 Å². The van der Waals surface area contributed by atoms with Crippen LogP contribution in [0.15, 0.2) is 0 Å². The molecule has 0 aliphatic carbocycles. The fourth-order valence-corrected chi connectivity index (χ4v) is 0.758. The van der Waals surface area contributed by atoms with Crippen molar-refractivity contribution in [2.75, 3.05) is 0 Å².